The molecule has 0 saturated carbocycles. The van der Waals surface area contributed by atoms with Gasteiger partial charge in [-0.05, 0) is 53.7 Å². The lowest BCUT2D eigenvalue weighted by Gasteiger charge is -2.38. The fraction of sp³-hybridized carbons (Fsp3) is 0.667. The highest BCUT2D eigenvalue weighted by Crippen LogP contribution is 2.18. The smallest absolute Gasteiger partial charge is 0.243 e. The summed E-state index contributed by atoms with van der Waals surface area (Å²) in [4.78, 5) is 17.4. The topological polar surface area (TPSA) is 44.8 Å². The molecule has 1 fully saturated rings. The first-order valence-corrected chi connectivity index (χ1v) is 9.43. The molecule has 0 aromatic heterocycles. The average molecular weight is 364 g/mol. The summed E-state index contributed by atoms with van der Waals surface area (Å²) in [6.45, 7) is 14.1. The Morgan fingerprint density at radius 2 is 2.15 bits per heavy atom. The van der Waals surface area contributed by atoms with Gasteiger partial charge in [-0.25, -0.2) is 0 Å². The molecule has 1 heterocycles. The van der Waals surface area contributed by atoms with Crippen molar-refractivity contribution in [2.45, 2.75) is 58.2 Å². The number of nitrogens with zero attached hydrogens (tertiary/aromatic N) is 2. The van der Waals surface area contributed by atoms with Gasteiger partial charge in [-0.2, -0.15) is 0 Å². The molecule has 1 aliphatic heterocycles. The molecular weight excluding hydrogens is 326 g/mol. The van der Waals surface area contributed by atoms with E-state index in [2.05, 4.69) is 34.8 Å². The molecule has 148 valence electrons. The van der Waals surface area contributed by atoms with Crippen LogP contribution in [0.3, 0.4) is 0 Å². The summed E-state index contributed by atoms with van der Waals surface area (Å²) in [6, 6.07) is -0.00143. The van der Waals surface area contributed by atoms with Gasteiger partial charge in [-0.15, -0.1) is 6.58 Å². The van der Waals surface area contributed by atoms with Crippen LogP contribution in [0.5, 0.6) is 0 Å². The lowest BCUT2D eigenvalue weighted by Crippen LogP contribution is -2.54. The SMILES string of the molecule is C=CCC=C/C=C(\C)N(C)C(CC1COCCN1C)C(=O)NC(C)(C)C. The summed E-state index contributed by atoms with van der Waals surface area (Å²) in [5, 5.41) is 3.14. The molecule has 0 aromatic carbocycles. The first kappa shape index (κ1) is 22.5. The van der Waals surface area contributed by atoms with Crippen LogP contribution in [0.1, 0.15) is 40.5 Å². The summed E-state index contributed by atoms with van der Waals surface area (Å²) in [5.74, 6) is 0.0572. The van der Waals surface area contributed by atoms with E-state index >= 15 is 0 Å². The van der Waals surface area contributed by atoms with Crippen LogP contribution in [0, 0.1) is 0 Å². The minimum absolute atomic E-state index is 0.0572. The fourth-order valence-electron chi connectivity index (χ4n) is 2.88. The predicted molar refractivity (Wildman–Crippen MR) is 109 cm³/mol. The van der Waals surface area contributed by atoms with Crippen LogP contribution in [-0.4, -0.2) is 67.2 Å². The Balaban J connectivity index is 2.94. The molecule has 2 unspecified atom stereocenters. The molecule has 1 N–H and O–H groups in total. The molecule has 0 radical (unpaired) electrons. The maximum Gasteiger partial charge on any atom is 0.243 e. The number of morpholine rings is 1. The average Bonchev–Trinajstić information content (AvgIpc) is 2.55. The van der Waals surface area contributed by atoms with E-state index in [1.165, 1.54) is 0 Å². The van der Waals surface area contributed by atoms with Gasteiger partial charge in [0.15, 0.2) is 0 Å². The third-order valence-corrected chi connectivity index (χ3v) is 4.62. The Kier molecular flexibility index (Phi) is 9.09. The Hall–Kier alpha value is -1.59. The molecule has 26 heavy (non-hydrogen) atoms. The van der Waals surface area contributed by atoms with Crippen LogP contribution in [0.15, 0.2) is 36.6 Å². The van der Waals surface area contributed by atoms with Gasteiger partial charge in [0.05, 0.1) is 13.2 Å². The number of hydrogen-bond donors (Lipinski definition) is 1. The minimum Gasteiger partial charge on any atom is -0.378 e. The third-order valence-electron chi connectivity index (χ3n) is 4.62. The van der Waals surface area contributed by atoms with Gasteiger partial charge in [0, 0.05) is 30.9 Å². The van der Waals surface area contributed by atoms with Gasteiger partial charge in [0.2, 0.25) is 5.91 Å². The largest absolute Gasteiger partial charge is 0.378 e. The van der Waals surface area contributed by atoms with Gasteiger partial charge < -0.3 is 15.0 Å². The van der Waals surface area contributed by atoms with Crippen LogP contribution >= 0.6 is 0 Å². The number of allylic oxidation sites excluding steroid dienone is 5. The number of amides is 1. The van der Waals surface area contributed by atoms with E-state index in [0.717, 1.165) is 31.7 Å². The normalized spacial score (nSPS) is 20.8. The van der Waals surface area contributed by atoms with E-state index in [4.69, 9.17) is 4.74 Å². The maximum absolute atomic E-state index is 13.0. The van der Waals surface area contributed by atoms with E-state index in [0.29, 0.717) is 6.61 Å². The van der Waals surface area contributed by atoms with Crippen LogP contribution in [-0.2, 0) is 9.53 Å². The Bertz CT molecular complexity index is 520. The molecule has 1 rings (SSSR count). The van der Waals surface area contributed by atoms with E-state index in [1.54, 1.807) is 0 Å². The van der Waals surface area contributed by atoms with Crippen LogP contribution in [0.4, 0.5) is 0 Å². The molecule has 1 aliphatic rings. The van der Waals surface area contributed by atoms with E-state index < -0.39 is 0 Å². The van der Waals surface area contributed by atoms with Crippen molar-refractivity contribution in [1.29, 1.82) is 0 Å². The first-order valence-electron chi connectivity index (χ1n) is 9.43. The Labute approximate surface area is 159 Å². The van der Waals surface area contributed by atoms with E-state index in [9.17, 15) is 4.79 Å². The highest BCUT2D eigenvalue weighted by Gasteiger charge is 2.31. The molecule has 0 aromatic rings. The third kappa shape index (κ3) is 7.75. The number of carbonyl (C=O) groups excluding carboxylic acids is 1. The second-order valence-corrected chi connectivity index (χ2v) is 8.07. The summed E-state index contributed by atoms with van der Waals surface area (Å²) in [5.41, 5.74) is 0.797. The van der Waals surface area contributed by atoms with Gasteiger partial charge in [-0.3, -0.25) is 9.69 Å². The number of likely N-dealkylation sites (N-methyl/N-ethyl adjacent to an activating group) is 2. The number of rotatable bonds is 8. The predicted octanol–water partition coefficient (Wildman–Crippen LogP) is 2.96. The molecule has 5 heteroatoms. The Morgan fingerprint density at radius 3 is 2.73 bits per heavy atom. The van der Waals surface area contributed by atoms with Crippen molar-refractivity contribution < 1.29 is 9.53 Å². The highest BCUT2D eigenvalue weighted by atomic mass is 16.5. The molecule has 0 bridgehead atoms. The Morgan fingerprint density at radius 1 is 1.46 bits per heavy atom. The van der Waals surface area contributed by atoms with Crippen molar-refractivity contribution in [2.24, 2.45) is 0 Å². The molecule has 1 amide bonds. The van der Waals surface area contributed by atoms with Crippen molar-refractivity contribution in [1.82, 2.24) is 15.1 Å². The lowest BCUT2D eigenvalue weighted by atomic mass is 10.0. The fourth-order valence-corrected chi connectivity index (χ4v) is 2.88. The second kappa shape index (κ2) is 10.5. The molecule has 5 nitrogen and oxygen atoms in total. The molecule has 2 atom stereocenters. The van der Waals surface area contributed by atoms with Crippen molar-refractivity contribution >= 4 is 5.91 Å². The zero-order valence-corrected chi connectivity index (χ0v) is 17.4. The van der Waals surface area contributed by atoms with E-state index in [-0.39, 0.29) is 23.5 Å². The monoisotopic (exact) mass is 363 g/mol. The number of ether oxygens (including phenoxy) is 1. The van der Waals surface area contributed by atoms with Crippen LogP contribution < -0.4 is 5.32 Å². The van der Waals surface area contributed by atoms with Crippen molar-refractivity contribution in [3.05, 3.63) is 36.6 Å². The summed E-state index contributed by atoms with van der Waals surface area (Å²) in [7, 11) is 4.09. The first-order chi connectivity index (χ1) is 12.2. The van der Waals surface area contributed by atoms with Gasteiger partial charge in [-0.1, -0.05) is 18.2 Å². The summed E-state index contributed by atoms with van der Waals surface area (Å²) in [6.07, 6.45) is 9.55. The molecular formula is C21H37N3O2. The zero-order valence-electron chi connectivity index (χ0n) is 17.4. The molecule has 1 saturated heterocycles. The van der Waals surface area contributed by atoms with Crippen LogP contribution in [0.2, 0.25) is 0 Å². The standard InChI is InChI=1S/C21H37N3O2/c1-8-9-10-11-12-17(2)24(7)19(20(25)22-21(3,4)5)15-18-16-26-14-13-23(18)6/h8,10-12,18-19H,1,9,13-16H2,2-7H3,(H,22,25)/b11-10?,17-12+. The molecule has 0 spiro atoms. The van der Waals surface area contributed by atoms with Crippen molar-refractivity contribution in [2.75, 3.05) is 33.9 Å². The maximum atomic E-state index is 13.0. The lowest BCUT2D eigenvalue weighted by molar-refractivity contribution is -0.128. The number of hydrogen-bond acceptors (Lipinski definition) is 4. The van der Waals surface area contributed by atoms with Gasteiger partial charge in [0.1, 0.15) is 6.04 Å². The highest BCUT2D eigenvalue weighted by molar-refractivity contribution is 5.82. The summed E-state index contributed by atoms with van der Waals surface area (Å²) >= 11 is 0. The van der Waals surface area contributed by atoms with E-state index in [1.807, 2.05) is 53.0 Å². The zero-order chi connectivity index (χ0) is 19.7. The second-order valence-electron chi connectivity index (χ2n) is 8.07. The number of carbonyl (C=O) groups is 1. The van der Waals surface area contributed by atoms with Crippen molar-refractivity contribution in [3.63, 3.8) is 0 Å². The van der Waals surface area contributed by atoms with Crippen LogP contribution in [0.25, 0.3) is 0 Å². The van der Waals surface area contributed by atoms with Gasteiger partial charge >= 0.3 is 0 Å². The van der Waals surface area contributed by atoms with Crippen molar-refractivity contribution in [3.8, 4) is 0 Å². The van der Waals surface area contributed by atoms with Gasteiger partial charge in [0.25, 0.3) is 0 Å². The number of nitrogens with one attached hydrogen (secondary N) is 1. The minimum atomic E-state index is -0.257. The summed E-state index contributed by atoms with van der Waals surface area (Å²) < 4.78 is 5.64. The quantitative estimate of drug-likeness (QED) is 0.532. The molecule has 0 aliphatic carbocycles.